The van der Waals surface area contributed by atoms with Crippen molar-refractivity contribution in [3.8, 4) is 0 Å². The first-order chi connectivity index (χ1) is 23.6. The molecule has 2 rings (SSSR count). The van der Waals surface area contributed by atoms with Crippen LogP contribution in [0.3, 0.4) is 0 Å². The zero-order valence-corrected chi connectivity index (χ0v) is 30.6. The summed E-state index contributed by atoms with van der Waals surface area (Å²) in [4.78, 5) is 82.2. The number of likely N-dealkylation sites (N-methyl/N-ethyl adjacent to an activating group) is 1. The SMILES string of the molecule is CCC(C)[C@@H]1NC(=O)[C@H](CC(C)C)N(C)C(=O)[C@H](C)[C@@H](CCCCc2ccccc2)OC(=O)CNC(=O)[C@H](C(C)O)NC(=O)[C@H](CN)NC1=O. The van der Waals surface area contributed by atoms with Gasteiger partial charge in [0.15, 0.2) is 0 Å². The number of carbonyl (C=O) groups is 6. The van der Waals surface area contributed by atoms with Gasteiger partial charge in [0, 0.05) is 13.6 Å². The lowest BCUT2D eigenvalue weighted by atomic mass is 9.94. The Kier molecular flexibility index (Phi) is 17.3. The summed E-state index contributed by atoms with van der Waals surface area (Å²) >= 11 is 0. The van der Waals surface area contributed by atoms with E-state index in [2.05, 4.69) is 21.3 Å². The van der Waals surface area contributed by atoms with Crippen LogP contribution >= 0.6 is 0 Å². The first-order valence-corrected chi connectivity index (χ1v) is 17.7. The summed E-state index contributed by atoms with van der Waals surface area (Å²) in [5, 5.41) is 20.5. The number of nitrogens with one attached hydrogen (secondary N) is 4. The Labute approximate surface area is 296 Å². The van der Waals surface area contributed by atoms with E-state index >= 15 is 0 Å². The Morgan fingerprint density at radius 1 is 0.900 bits per heavy atom. The average molecular weight is 703 g/mol. The van der Waals surface area contributed by atoms with Crippen molar-refractivity contribution < 1.29 is 38.6 Å². The molecule has 280 valence electrons. The number of carbonyl (C=O) groups excluding carboxylic acids is 6. The topological polar surface area (TPSA) is 209 Å². The molecule has 0 aromatic heterocycles. The molecular formula is C36H58N6O8. The van der Waals surface area contributed by atoms with E-state index in [1.54, 1.807) is 13.8 Å². The van der Waals surface area contributed by atoms with Crippen LogP contribution in [0.25, 0.3) is 0 Å². The first-order valence-electron chi connectivity index (χ1n) is 17.7. The molecule has 1 saturated heterocycles. The lowest BCUT2D eigenvalue weighted by Crippen LogP contribution is -2.62. The fourth-order valence-corrected chi connectivity index (χ4v) is 5.83. The molecule has 14 heteroatoms. The minimum Gasteiger partial charge on any atom is -0.460 e. The number of rotatable bonds is 11. The van der Waals surface area contributed by atoms with Gasteiger partial charge in [0.25, 0.3) is 0 Å². The molecule has 7 N–H and O–H groups in total. The summed E-state index contributed by atoms with van der Waals surface area (Å²) < 4.78 is 5.80. The molecule has 0 bridgehead atoms. The molecule has 8 atom stereocenters. The van der Waals surface area contributed by atoms with Gasteiger partial charge in [-0.25, -0.2) is 0 Å². The summed E-state index contributed by atoms with van der Waals surface area (Å²) in [6.45, 7) is 9.43. The number of nitrogens with two attached hydrogens (primary N) is 1. The van der Waals surface area contributed by atoms with Gasteiger partial charge in [0.1, 0.15) is 36.8 Å². The van der Waals surface area contributed by atoms with E-state index in [0.29, 0.717) is 19.3 Å². The lowest BCUT2D eigenvalue weighted by Gasteiger charge is -2.34. The van der Waals surface area contributed by atoms with E-state index in [0.717, 1.165) is 18.4 Å². The summed E-state index contributed by atoms with van der Waals surface area (Å²) in [7, 11) is 1.52. The molecule has 0 aliphatic carbocycles. The van der Waals surface area contributed by atoms with Crippen molar-refractivity contribution in [1.29, 1.82) is 0 Å². The zero-order chi connectivity index (χ0) is 37.5. The Bertz CT molecular complexity index is 1290. The second-order valence-corrected chi connectivity index (χ2v) is 13.8. The minimum absolute atomic E-state index is 0.00353. The molecular weight excluding hydrogens is 644 g/mol. The number of amides is 5. The van der Waals surface area contributed by atoms with Crippen LogP contribution in [0.2, 0.25) is 0 Å². The highest BCUT2D eigenvalue weighted by Gasteiger charge is 2.38. The summed E-state index contributed by atoms with van der Waals surface area (Å²) in [6, 6.07) is 5.06. The largest absolute Gasteiger partial charge is 0.460 e. The molecule has 0 saturated carbocycles. The monoisotopic (exact) mass is 702 g/mol. The van der Waals surface area contributed by atoms with Gasteiger partial charge in [-0.3, -0.25) is 28.8 Å². The smallest absolute Gasteiger partial charge is 0.325 e. The van der Waals surface area contributed by atoms with Crippen molar-refractivity contribution in [3.63, 3.8) is 0 Å². The number of nitrogens with zero attached hydrogens (tertiary/aromatic N) is 1. The number of aliphatic hydroxyl groups excluding tert-OH is 1. The molecule has 0 radical (unpaired) electrons. The van der Waals surface area contributed by atoms with Gasteiger partial charge in [-0.15, -0.1) is 0 Å². The van der Waals surface area contributed by atoms with Crippen LogP contribution < -0.4 is 27.0 Å². The number of hydrogen-bond acceptors (Lipinski definition) is 9. The fraction of sp³-hybridized carbons (Fsp3) is 0.667. The number of aliphatic hydroxyl groups is 1. The van der Waals surface area contributed by atoms with Gasteiger partial charge in [0.2, 0.25) is 29.5 Å². The molecule has 1 aromatic carbocycles. The fourth-order valence-electron chi connectivity index (χ4n) is 5.83. The van der Waals surface area contributed by atoms with Crippen LogP contribution in [0.15, 0.2) is 30.3 Å². The van der Waals surface area contributed by atoms with Gasteiger partial charge in [0.05, 0.1) is 12.0 Å². The number of aryl methyl sites for hydroxylation is 1. The molecule has 5 amide bonds. The molecule has 1 heterocycles. The number of unbranched alkanes of at least 4 members (excludes halogenated alkanes) is 1. The van der Waals surface area contributed by atoms with E-state index in [1.807, 2.05) is 51.1 Å². The Morgan fingerprint density at radius 2 is 1.54 bits per heavy atom. The zero-order valence-electron chi connectivity index (χ0n) is 30.6. The average Bonchev–Trinajstić information content (AvgIpc) is 3.09. The van der Waals surface area contributed by atoms with E-state index in [4.69, 9.17) is 10.5 Å². The van der Waals surface area contributed by atoms with Crippen molar-refractivity contribution in [1.82, 2.24) is 26.2 Å². The second kappa shape index (κ2) is 20.6. The van der Waals surface area contributed by atoms with E-state index < -0.39 is 84.3 Å². The standard InChI is InChI=1S/C36H58N6O8/c1-8-22(4)30-35(48)39-26(19-37)32(45)41-31(24(6)43)34(47)38-20-29(44)50-28(17-13-12-16-25-14-10-9-11-15-25)23(5)36(49)42(7)27(18-21(2)3)33(46)40-30/h9-11,14-15,21-24,26-28,30-31,43H,8,12-13,16-20,37H2,1-7H3,(H,38,47)(H,39,48)(H,40,46)(H,41,45)/t22?,23-,24?,26+,27+,28-,30+,31+/m1/s1. The van der Waals surface area contributed by atoms with Crippen molar-refractivity contribution in [3.05, 3.63) is 35.9 Å². The van der Waals surface area contributed by atoms with Gasteiger partial charge in [-0.2, -0.15) is 0 Å². The van der Waals surface area contributed by atoms with Crippen LogP contribution in [0.4, 0.5) is 0 Å². The second-order valence-electron chi connectivity index (χ2n) is 13.8. The summed E-state index contributed by atoms with van der Waals surface area (Å²) in [5.41, 5.74) is 6.98. The maximum absolute atomic E-state index is 14.0. The third-order valence-corrected chi connectivity index (χ3v) is 9.22. The minimum atomic E-state index is -1.49. The molecule has 50 heavy (non-hydrogen) atoms. The molecule has 1 fully saturated rings. The van der Waals surface area contributed by atoms with Crippen molar-refractivity contribution in [2.45, 2.75) is 116 Å². The highest BCUT2D eigenvalue weighted by molar-refractivity contribution is 5.96. The van der Waals surface area contributed by atoms with Crippen LogP contribution in [-0.2, 0) is 39.9 Å². The highest BCUT2D eigenvalue weighted by Crippen LogP contribution is 2.22. The quantitative estimate of drug-likeness (QED) is 0.142. The van der Waals surface area contributed by atoms with Gasteiger partial charge >= 0.3 is 5.97 Å². The third-order valence-electron chi connectivity index (χ3n) is 9.22. The molecule has 1 aliphatic rings. The highest BCUT2D eigenvalue weighted by atomic mass is 16.5. The Balaban J connectivity index is 2.50. The number of hydrogen-bond donors (Lipinski definition) is 6. The Morgan fingerprint density at radius 3 is 2.12 bits per heavy atom. The predicted octanol–water partition coefficient (Wildman–Crippen LogP) is 0.790. The van der Waals surface area contributed by atoms with Crippen LogP contribution in [0.1, 0.15) is 79.2 Å². The number of cyclic esters (lactones) is 1. The van der Waals surface area contributed by atoms with E-state index in [1.165, 1.54) is 18.9 Å². The van der Waals surface area contributed by atoms with E-state index in [9.17, 15) is 33.9 Å². The maximum atomic E-state index is 14.0. The molecule has 14 nitrogen and oxygen atoms in total. The molecule has 1 aliphatic heterocycles. The van der Waals surface area contributed by atoms with Gasteiger partial charge in [-0.05, 0) is 56.4 Å². The molecule has 1 aromatic rings. The van der Waals surface area contributed by atoms with Gasteiger partial charge < -0.3 is 41.7 Å². The summed E-state index contributed by atoms with van der Waals surface area (Å²) in [5.74, 6) is -5.40. The van der Waals surface area contributed by atoms with Crippen LogP contribution in [0.5, 0.6) is 0 Å². The van der Waals surface area contributed by atoms with Crippen molar-refractivity contribution >= 4 is 35.5 Å². The number of benzene rings is 1. The van der Waals surface area contributed by atoms with Gasteiger partial charge in [-0.1, -0.05) is 71.4 Å². The maximum Gasteiger partial charge on any atom is 0.325 e. The number of ether oxygens (including phenoxy) is 1. The Hall–Kier alpha value is -4.04. The van der Waals surface area contributed by atoms with Crippen molar-refractivity contribution in [2.75, 3.05) is 20.1 Å². The first kappa shape index (κ1) is 42.1. The predicted molar refractivity (Wildman–Crippen MR) is 188 cm³/mol. The third kappa shape index (κ3) is 12.7. The van der Waals surface area contributed by atoms with Crippen LogP contribution in [0, 0.1) is 17.8 Å². The number of esters is 1. The molecule has 2 unspecified atom stereocenters. The van der Waals surface area contributed by atoms with E-state index in [-0.39, 0.29) is 24.8 Å². The normalized spacial score (nSPS) is 26.4. The lowest BCUT2D eigenvalue weighted by molar-refractivity contribution is -0.157. The van der Waals surface area contributed by atoms with Crippen molar-refractivity contribution in [2.24, 2.45) is 23.5 Å². The summed E-state index contributed by atoms with van der Waals surface area (Å²) in [6.07, 6.45) is 1.05. The molecule has 0 spiro atoms. The van der Waals surface area contributed by atoms with Crippen LogP contribution in [-0.4, -0.2) is 102 Å².